The molecule has 4 atom stereocenters. The molecule has 4 unspecified atom stereocenters. The van der Waals surface area contributed by atoms with Gasteiger partial charge in [-0.2, -0.15) is 0 Å². The second-order valence-electron chi connectivity index (χ2n) is 11.9. The van der Waals surface area contributed by atoms with Crippen LogP contribution in [0.5, 0.6) is 5.75 Å². The van der Waals surface area contributed by atoms with E-state index >= 15 is 0 Å². The largest absolute Gasteiger partial charge is 0.497 e. The monoisotopic (exact) mass is 600 g/mol. The molecule has 0 bridgehead atoms. The molecule has 0 aromatic heterocycles. The first kappa shape index (κ1) is 31.4. The van der Waals surface area contributed by atoms with Gasteiger partial charge in [-0.25, -0.2) is 0 Å². The first-order valence-corrected chi connectivity index (χ1v) is 15.2. The lowest BCUT2D eigenvalue weighted by Gasteiger charge is -2.56. The normalized spacial score (nSPS) is 24.4. The second kappa shape index (κ2) is 13.6. The molecule has 0 N–H and O–H groups in total. The molecular formula is C33H42Cl2N2O4. The summed E-state index contributed by atoms with van der Waals surface area (Å²) in [6, 6.07) is 13.5. The third-order valence-electron chi connectivity index (χ3n) is 8.60. The van der Waals surface area contributed by atoms with Gasteiger partial charge in [0.05, 0.1) is 23.6 Å². The summed E-state index contributed by atoms with van der Waals surface area (Å²) >= 11 is 12.4. The van der Waals surface area contributed by atoms with Crippen molar-refractivity contribution in [2.75, 3.05) is 33.3 Å². The third-order valence-corrected chi connectivity index (χ3v) is 9.34. The van der Waals surface area contributed by atoms with E-state index in [4.69, 9.17) is 32.7 Å². The maximum atomic E-state index is 14.0. The van der Waals surface area contributed by atoms with Gasteiger partial charge in [-0.1, -0.05) is 61.3 Å². The number of nitrogens with zero attached hydrogens (tertiary/aromatic N) is 2. The fourth-order valence-corrected chi connectivity index (χ4v) is 7.18. The Morgan fingerprint density at radius 2 is 1.98 bits per heavy atom. The van der Waals surface area contributed by atoms with Gasteiger partial charge in [-0.3, -0.25) is 14.5 Å². The fourth-order valence-electron chi connectivity index (χ4n) is 6.86. The molecule has 2 fully saturated rings. The van der Waals surface area contributed by atoms with E-state index < -0.39 is 0 Å². The Hall–Kier alpha value is -2.54. The van der Waals surface area contributed by atoms with Crippen molar-refractivity contribution in [2.24, 2.45) is 11.8 Å². The van der Waals surface area contributed by atoms with Gasteiger partial charge < -0.3 is 14.4 Å². The minimum Gasteiger partial charge on any atom is -0.497 e. The molecule has 0 spiro atoms. The first-order valence-electron chi connectivity index (χ1n) is 14.4. The zero-order chi connectivity index (χ0) is 29.7. The number of amides is 1. The molecule has 0 radical (unpaired) electrons. The van der Waals surface area contributed by atoms with Crippen molar-refractivity contribution in [3.05, 3.63) is 76.3 Å². The summed E-state index contributed by atoms with van der Waals surface area (Å²) in [6.45, 7) is 12.7. The van der Waals surface area contributed by atoms with Gasteiger partial charge in [0, 0.05) is 50.4 Å². The molecule has 2 aliphatic rings. The lowest BCUT2D eigenvalue weighted by atomic mass is 9.56. The molecule has 41 heavy (non-hydrogen) atoms. The Bertz CT molecular complexity index is 1250. The van der Waals surface area contributed by atoms with E-state index in [1.807, 2.05) is 29.2 Å². The molecule has 1 heterocycles. The Balaban J connectivity index is 1.76. The number of ether oxygens (including phenoxy) is 2. The Morgan fingerprint density at radius 1 is 1.20 bits per heavy atom. The Morgan fingerprint density at radius 3 is 2.63 bits per heavy atom. The zero-order valence-corrected chi connectivity index (χ0v) is 26.1. The van der Waals surface area contributed by atoms with Crippen LogP contribution in [0.15, 0.2) is 55.1 Å². The van der Waals surface area contributed by atoms with Crippen LogP contribution in [0.3, 0.4) is 0 Å². The summed E-state index contributed by atoms with van der Waals surface area (Å²) in [7, 11) is 1.68. The number of rotatable bonds is 10. The maximum Gasteiger partial charge on any atom is 0.302 e. The number of likely N-dealkylation sites (tertiary alicyclic amines) is 1. The number of halogens is 2. The molecule has 1 aliphatic carbocycles. The highest BCUT2D eigenvalue weighted by Crippen LogP contribution is 2.51. The van der Waals surface area contributed by atoms with Crippen molar-refractivity contribution in [1.82, 2.24) is 9.80 Å². The van der Waals surface area contributed by atoms with Crippen molar-refractivity contribution in [3.63, 3.8) is 0 Å². The molecule has 2 aromatic rings. The van der Waals surface area contributed by atoms with Crippen molar-refractivity contribution >= 4 is 35.1 Å². The van der Waals surface area contributed by atoms with Gasteiger partial charge in [0.25, 0.3) is 0 Å². The number of fused-ring (bicyclic) bond motifs is 1. The van der Waals surface area contributed by atoms with Gasteiger partial charge in [-0.05, 0) is 60.7 Å². The lowest BCUT2D eigenvalue weighted by molar-refractivity contribution is -0.161. The number of methoxy groups -OCH3 is 1. The average Bonchev–Trinajstić information content (AvgIpc) is 2.93. The SMILES string of the molecule is C=CCN1CCC2(c3cccc(OC)c3)CC(N(CC(C)C)C(=O)Cc3ccc(Cl)c(Cl)c3)CC(OC(C)=O)C2C1. The van der Waals surface area contributed by atoms with Gasteiger partial charge in [0.2, 0.25) is 5.91 Å². The van der Waals surface area contributed by atoms with Crippen molar-refractivity contribution in [3.8, 4) is 5.75 Å². The van der Waals surface area contributed by atoms with Crippen LogP contribution in [-0.2, 0) is 26.2 Å². The minimum atomic E-state index is -0.336. The number of hydrogen-bond donors (Lipinski definition) is 0. The second-order valence-corrected chi connectivity index (χ2v) is 12.7. The van der Waals surface area contributed by atoms with E-state index in [0.29, 0.717) is 23.0 Å². The highest BCUT2D eigenvalue weighted by Gasteiger charge is 2.54. The molecule has 1 saturated carbocycles. The maximum absolute atomic E-state index is 14.0. The molecule has 6 nitrogen and oxygen atoms in total. The van der Waals surface area contributed by atoms with Crippen LogP contribution in [0.25, 0.3) is 0 Å². The standard InChI is InChI=1S/C33H42Cl2N2O4/c1-6-13-36-14-12-33(25-8-7-9-27(17-25)40-5)19-26(18-31(28(33)21-36)41-23(4)38)37(20-22(2)3)32(39)16-24-10-11-29(34)30(35)15-24/h6-11,15,17,22,26,28,31H,1,12-14,16,18-21H2,2-5H3. The zero-order valence-electron chi connectivity index (χ0n) is 24.6. The summed E-state index contributed by atoms with van der Waals surface area (Å²) in [5.74, 6) is 0.861. The summed E-state index contributed by atoms with van der Waals surface area (Å²) in [5.41, 5.74) is 1.70. The van der Waals surface area contributed by atoms with Crippen molar-refractivity contribution in [2.45, 2.75) is 64.0 Å². The first-order chi connectivity index (χ1) is 19.6. The lowest BCUT2D eigenvalue weighted by Crippen LogP contribution is -2.62. The predicted octanol–water partition coefficient (Wildman–Crippen LogP) is 6.57. The smallest absolute Gasteiger partial charge is 0.302 e. The molecule has 4 rings (SSSR count). The van der Waals surface area contributed by atoms with Crippen LogP contribution in [0, 0.1) is 11.8 Å². The summed E-state index contributed by atoms with van der Waals surface area (Å²) in [4.78, 5) is 30.9. The van der Waals surface area contributed by atoms with E-state index in [1.54, 1.807) is 19.2 Å². The topological polar surface area (TPSA) is 59.1 Å². The van der Waals surface area contributed by atoms with Crippen LogP contribution in [0.1, 0.15) is 51.2 Å². The van der Waals surface area contributed by atoms with E-state index in [-0.39, 0.29) is 47.7 Å². The molecule has 1 amide bonds. The van der Waals surface area contributed by atoms with Gasteiger partial charge in [0.15, 0.2) is 0 Å². The highest BCUT2D eigenvalue weighted by atomic mass is 35.5. The van der Waals surface area contributed by atoms with Crippen LogP contribution in [-0.4, -0.2) is 67.1 Å². The van der Waals surface area contributed by atoms with Crippen LogP contribution < -0.4 is 4.74 Å². The van der Waals surface area contributed by atoms with Crippen LogP contribution in [0.4, 0.5) is 0 Å². The molecule has 222 valence electrons. The molecular weight excluding hydrogens is 559 g/mol. The van der Waals surface area contributed by atoms with E-state index in [1.165, 1.54) is 12.5 Å². The molecule has 2 aromatic carbocycles. The quantitative estimate of drug-likeness (QED) is 0.228. The summed E-state index contributed by atoms with van der Waals surface area (Å²) < 4.78 is 11.7. The van der Waals surface area contributed by atoms with E-state index in [9.17, 15) is 9.59 Å². The number of carbonyl (C=O) groups excluding carboxylic acids is 2. The van der Waals surface area contributed by atoms with E-state index in [0.717, 1.165) is 43.8 Å². The summed E-state index contributed by atoms with van der Waals surface area (Å²) in [5, 5.41) is 0.901. The van der Waals surface area contributed by atoms with Crippen LogP contribution in [0.2, 0.25) is 10.0 Å². The fraction of sp³-hybridized carbons (Fsp3) is 0.515. The van der Waals surface area contributed by atoms with Gasteiger partial charge in [-0.15, -0.1) is 6.58 Å². The minimum absolute atomic E-state index is 0.0343. The number of esters is 1. The number of benzene rings is 2. The third kappa shape index (κ3) is 7.28. The molecule has 1 saturated heterocycles. The van der Waals surface area contributed by atoms with E-state index in [2.05, 4.69) is 37.5 Å². The average molecular weight is 602 g/mol. The number of carbonyl (C=O) groups is 2. The predicted molar refractivity (Wildman–Crippen MR) is 165 cm³/mol. The van der Waals surface area contributed by atoms with Gasteiger partial charge in [0.1, 0.15) is 11.9 Å². The highest BCUT2D eigenvalue weighted by molar-refractivity contribution is 6.42. The molecule has 8 heteroatoms. The van der Waals surface area contributed by atoms with Crippen LogP contribution >= 0.6 is 23.2 Å². The number of piperidine rings is 1. The summed E-state index contributed by atoms with van der Waals surface area (Å²) in [6.07, 6.45) is 4.07. The van der Waals surface area contributed by atoms with Gasteiger partial charge >= 0.3 is 5.97 Å². The van der Waals surface area contributed by atoms with Crippen molar-refractivity contribution < 1.29 is 19.1 Å². The Labute approximate surface area is 254 Å². The molecule has 1 aliphatic heterocycles. The number of hydrogen-bond acceptors (Lipinski definition) is 5. The van der Waals surface area contributed by atoms with Crippen molar-refractivity contribution in [1.29, 1.82) is 0 Å². The Kier molecular flexibility index (Phi) is 10.4.